The van der Waals surface area contributed by atoms with Crippen molar-refractivity contribution in [2.75, 3.05) is 26.2 Å². The Hall–Kier alpha value is -7.79. The van der Waals surface area contributed by atoms with Gasteiger partial charge in [0.15, 0.2) is 0 Å². The smallest absolute Gasteiger partial charge is 0.245 e. The molecule has 15 atom stereocenters. The third-order valence-corrected chi connectivity index (χ3v) is 17.7. The summed E-state index contributed by atoms with van der Waals surface area (Å²) in [7, 11) is 0. The van der Waals surface area contributed by atoms with Gasteiger partial charge in [-0.3, -0.25) is 62.3 Å². The first kappa shape index (κ1) is 87.3. The molecule has 1 aromatic carbocycles. The fourth-order valence-corrected chi connectivity index (χ4v) is 11.4. The Morgan fingerprint density at radius 2 is 0.909 bits per heavy atom. The van der Waals surface area contributed by atoms with Gasteiger partial charge in [-0.1, -0.05) is 147 Å². The molecule has 1 aliphatic rings. The van der Waals surface area contributed by atoms with Crippen LogP contribution in [0.3, 0.4) is 0 Å². The van der Waals surface area contributed by atoms with Gasteiger partial charge in [0.05, 0.1) is 25.2 Å². The molecule has 0 radical (unpaired) electrons. The number of aliphatic hydroxyl groups is 1. The highest BCUT2D eigenvalue weighted by Gasteiger charge is 2.41. The molecule has 1 aromatic rings. The van der Waals surface area contributed by atoms with E-state index in [-0.39, 0.29) is 75.3 Å². The first-order valence-electron chi connectivity index (χ1n) is 35.5. The van der Waals surface area contributed by atoms with Gasteiger partial charge in [-0.05, 0) is 125 Å². The van der Waals surface area contributed by atoms with Gasteiger partial charge in [-0.2, -0.15) is 0 Å². The summed E-state index contributed by atoms with van der Waals surface area (Å²) in [6, 6.07) is -3.52. The Labute approximate surface area is 586 Å². The fourth-order valence-electron chi connectivity index (χ4n) is 11.4. The molecule has 2 rings (SSSR count). The van der Waals surface area contributed by atoms with Gasteiger partial charge < -0.3 is 85.7 Å². The standard InChI is InChI=1S/C70H121N15O14/c1-16-42(12)56(82-64(93)51(33-40(8)9)78-65(94)53-28-24-30-85(53)70(99)52(34-41(10)11)80-61(90)47(72)35-46-25-20-19-21-26-46)66(95)75-36-54(87)76-48(27-22-23-29-71)63(92)83-57(43(13)17-2)68(97)79-50(32-39(6)7)62(91)74-37-55(88)81-59(45(15)86)69(98)84-58(44(14)18-3)67(96)77-49(60(73)89)31-38(4)5/h19-21,25-26,38-45,47-53,56-59,86H,16-18,22-24,27-37,71-72H2,1-15H3,(H2,73,89)(H,74,91)(H,75,95)(H,76,87)(H,77,96)(H,78,94)(H,79,97)(H,80,90)(H,81,88)(H,82,93)(H,83,92)(H,84,98)/t42-,43-,44-,45+,47-,48-,49-,50-,51-,52-,53-,56-,57-,58-,59-/m0/s1. The van der Waals surface area contributed by atoms with Gasteiger partial charge in [0, 0.05) is 6.54 Å². The van der Waals surface area contributed by atoms with Crippen LogP contribution in [0.5, 0.6) is 0 Å². The zero-order valence-electron chi connectivity index (χ0n) is 61.3. The number of primary amides is 1. The van der Waals surface area contributed by atoms with E-state index in [1.807, 2.05) is 78.8 Å². The average Bonchev–Trinajstić information content (AvgIpc) is 1.77. The fraction of sp³-hybridized carbons (Fsp3) is 0.729. The lowest BCUT2D eigenvalue weighted by molar-refractivity contribution is -0.142. The lowest BCUT2D eigenvalue weighted by Gasteiger charge is -2.31. The number of aliphatic hydroxyl groups excluding tert-OH is 1. The van der Waals surface area contributed by atoms with Gasteiger partial charge in [0.25, 0.3) is 0 Å². The lowest BCUT2D eigenvalue weighted by Crippen LogP contribution is -2.61. The molecule has 0 bridgehead atoms. The minimum atomic E-state index is -1.60. The number of hydrogen-bond donors (Lipinski definition) is 15. The average molecular weight is 1400 g/mol. The second kappa shape index (κ2) is 44.4. The van der Waals surface area contributed by atoms with Crippen molar-refractivity contribution in [3.05, 3.63) is 35.9 Å². The van der Waals surface area contributed by atoms with Gasteiger partial charge >= 0.3 is 0 Å². The monoisotopic (exact) mass is 1400 g/mol. The molecule has 18 N–H and O–H groups in total. The van der Waals surface area contributed by atoms with E-state index in [0.29, 0.717) is 44.9 Å². The molecule has 0 unspecified atom stereocenters. The number of carbonyl (C=O) groups is 13. The number of carbonyl (C=O) groups excluding carboxylic acids is 13. The maximum Gasteiger partial charge on any atom is 0.245 e. The second-order valence-electron chi connectivity index (χ2n) is 28.4. The van der Waals surface area contributed by atoms with E-state index in [1.54, 1.807) is 48.5 Å². The quantitative estimate of drug-likeness (QED) is 0.0395. The van der Waals surface area contributed by atoms with Crippen LogP contribution in [0, 0.1) is 41.4 Å². The topological polar surface area (TPSA) is 456 Å². The van der Waals surface area contributed by atoms with E-state index < -0.39 is 180 Å². The molecule has 560 valence electrons. The highest BCUT2D eigenvalue weighted by molar-refractivity contribution is 5.99. The molecule has 0 aliphatic carbocycles. The van der Waals surface area contributed by atoms with E-state index in [4.69, 9.17) is 17.2 Å². The van der Waals surface area contributed by atoms with E-state index in [0.717, 1.165) is 5.56 Å². The Bertz CT molecular complexity index is 2810. The van der Waals surface area contributed by atoms with Gasteiger partial charge in [0.1, 0.15) is 60.4 Å². The largest absolute Gasteiger partial charge is 0.391 e. The van der Waals surface area contributed by atoms with Crippen molar-refractivity contribution in [3.8, 4) is 0 Å². The molecule has 0 spiro atoms. The second-order valence-corrected chi connectivity index (χ2v) is 28.4. The summed E-state index contributed by atoms with van der Waals surface area (Å²) >= 11 is 0. The molecule has 13 amide bonds. The Balaban J connectivity index is 2.25. The molecule has 1 aliphatic heterocycles. The number of unbranched alkanes of at least 4 members (excludes halogenated alkanes) is 1. The van der Waals surface area contributed by atoms with Crippen LogP contribution in [0.1, 0.15) is 186 Å². The molecule has 29 nitrogen and oxygen atoms in total. The molecule has 1 fully saturated rings. The molecular formula is C70H121N15O14. The van der Waals surface area contributed by atoms with E-state index in [2.05, 4.69) is 58.5 Å². The number of rotatable bonds is 45. The van der Waals surface area contributed by atoms with Gasteiger partial charge in [-0.15, -0.1) is 0 Å². The van der Waals surface area contributed by atoms with Crippen molar-refractivity contribution in [1.29, 1.82) is 0 Å². The van der Waals surface area contributed by atoms with Crippen LogP contribution in [0.2, 0.25) is 0 Å². The molecule has 1 heterocycles. The van der Waals surface area contributed by atoms with Crippen molar-refractivity contribution in [3.63, 3.8) is 0 Å². The van der Waals surface area contributed by atoms with Crippen molar-refractivity contribution < 1.29 is 67.4 Å². The summed E-state index contributed by atoms with van der Waals surface area (Å²) in [5.74, 6) is -11.1. The lowest BCUT2D eigenvalue weighted by atomic mass is 9.96. The highest BCUT2D eigenvalue weighted by Crippen LogP contribution is 2.23. The zero-order chi connectivity index (χ0) is 75.0. The Morgan fingerprint density at radius 1 is 0.485 bits per heavy atom. The summed E-state index contributed by atoms with van der Waals surface area (Å²) in [5, 5.41) is 39.9. The van der Waals surface area contributed by atoms with Gasteiger partial charge in [0.2, 0.25) is 76.8 Å². The van der Waals surface area contributed by atoms with Crippen LogP contribution in [0.4, 0.5) is 0 Å². The third-order valence-electron chi connectivity index (χ3n) is 17.7. The summed E-state index contributed by atoms with van der Waals surface area (Å²) in [4.78, 5) is 181. The highest BCUT2D eigenvalue weighted by atomic mass is 16.3. The first-order chi connectivity index (χ1) is 46.5. The van der Waals surface area contributed by atoms with Crippen LogP contribution in [-0.4, -0.2) is 186 Å². The number of hydrogen-bond acceptors (Lipinski definition) is 16. The molecule has 29 heteroatoms. The van der Waals surface area contributed by atoms with Crippen molar-refractivity contribution in [2.24, 2.45) is 58.6 Å². The number of nitrogens with one attached hydrogen (secondary N) is 11. The van der Waals surface area contributed by atoms with E-state index >= 15 is 0 Å². The minimum absolute atomic E-state index is 0.00274. The Morgan fingerprint density at radius 3 is 1.39 bits per heavy atom. The zero-order valence-corrected chi connectivity index (χ0v) is 61.3. The minimum Gasteiger partial charge on any atom is -0.391 e. The summed E-state index contributed by atoms with van der Waals surface area (Å²) < 4.78 is 0. The predicted molar refractivity (Wildman–Crippen MR) is 376 cm³/mol. The van der Waals surface area contributed by atoms with Crippen LogP contribution < -0.4 is 75.7 Å². The summed E-state index contributed by atoms with van der Waals surface area (Å²) in [6.07, 6.45) is 2.42. The van der Waals surface area contributed by atoms with Crippen molar-refractivity contribution in [2.45, 2.75) is 260 Å². The molecule has 0 saturated carbocycles. The third kappa shape index (κ3) is 30.7. The van der Waals surface area contributed by atoms with Crippen molar-refractivity contribution in [1.82, 2.24) is 63.4 Å². The maximum absolute atomic E-state index is 14.3. The number of amides is 13. The predicted octanol–water partition coefficient (Wildman–Crippen LogP) is 0.461. The SMILES string of the molecule is CC[C@H](C)[C@H](NC(=O)[C@H](CC(C)C)NC(=O)[C@@H]1CCCN1C(=O)[C@H](CC(C)C)NC(=O)[C@@H](N)Cc1ccccc1)C(=O)NCC(=O)N[C@@H](CCCCN)C(=O)N[C@H](C(=O)N[C@@H](CC(C)C)C(=O)NCC(=O)N[C@H](C(=O)N[C@H](C(=O)N[C@@H](CC(C)C)C(N)=O)[C@@H](C)CC)[C@@H](C)O)[C@@H](C)CC. The van der Waals surface area contributed by atoms with Crippen LogP contribution in [0.25, 0.3) is 0 Å². The summed E-state index contributed by atoms with van der Waals surface area (Å²) in [6.45, 7) is 25.7. The molecule has 0 aromatic heterocycles. The normalized spacial score (nSPS) is 17.3. The van der Waals surface area contributed by atoms with Crippen LogP contribution in [-0.2, 0) is 68.7 Å². The Kier molecular flexibility index (Phi) is 39.1. The van der Waals surface area contributed by atoms with Crippen molar-refractivity contribution >= 4 is 76.8 Å². The molecular weight excluding hydrogens is 1270 g/mol. The number of benzene rings is 1. The maximum atomic E-state index is 14.3. The molecule has 1 saturated heterocycles. The van der Waals surface area contributed by atoms with E-state index in [9.17, 15) is 67.4 Å². The number of nitrogens with two attached hydrogens (primary N) is 3. The first-order valence-corrected chi connectivity index (χ1v) is 35.5. The number of likely N-dealkylation sites (tertiary alicyclic amines) is 1. The number of nitrogens with zero attached hydrogens (tertiary/aromatic N) is 1. The molecule has 99 heavy (non-hydrogen) atoms. The van der Waals surface area contributed by atoms with Gasteiger partial charge in [-0.25, -0.2) is 0 Å². The summed E-state index contributed by atoms with van der Waals surface area (Å²) in [5.41, 5.74) is 18.5. The van der Waals surface area contributed by atoms with Crippen LogP contribution in [0.15, 0.2) is 30.3 Å². The van der Waals surface area contributed by atoms with Crippen LogP contribution >= 0.6 is 0 Å². The van der Waals surface area contributed by atoms with E-state index in [1.165, 1.54) is 11.8 Å².